The van der Waals surface area contributed by atoms with Crippen LogP contribution < -0.4 is 5.32 Å². The molecule has 0 unspecified atom stereocenters. The van der Waals surface area contributed by atoms with Crippen LogP contribution >= 0.6 is 23.1 Å². The van der Waals surface area contributed by atoms with Crippen LogP contribution in [0.5, 0.6) is 0 Å². The monoisotopic (exact) mass is 317 g/mol. The van der Waals surface area contributed by atoms with Gasteiger partial charge in [0.25, 0.3) is 0 Å². The first-order valence-corrected chi connectivity index (χ1v) is 6.52. The molecule has 1 heterocycles. The Labute approximate surface area is 121 Å². The molecule has 0 aliphatic carbocycles. The quantitative estimate of drug-likeness (QED) is 0.905. The van der Waals surface area contributed by atoms with Crippen molar-refractivity contribution in [1.29, 1.82) is 5.26 Å². The number of anilines is 2. The minimum absolute atomic E-state index is 0.0754. The molecule has 0 saturated heterocycles. The highest BCUT2D eigenvalue weighted by Crippen LogP contribution is 2.31. The Morgan fingerprint density at radius 1 is 1.40 bits per heavy atom. The van der Waals surface area contributed by atoms with Gasteiger partial charge in [0.2, 0.25) is 0 Å². The molecular formula is C12H7ClF3N3S. The van der Waals surface area contributed by atoms with E-state index in [1.165, 1.54) is 18.2 Å². The third kappa shape index (κ3) is 3.62. The van der Waals surface area contributed by atoms with Gasteiger partial charge in [-0.3, -0.25) is 0 Å². The summed E-state index contributed by atoms with van der Waals surface area (Å²) < 4.78 is 40.8. The van der Waals surface area contributed by atoms with E-state index in [0.29, 0.717) is 10.7 Å². The number of nitrogens with one attached hydrogen (secondary N) is 1. The van der Waals surface area contributed by atoms with Crippen LogP contribution in [-0.4, -0.2) is 10.5 Å². The predicted molar refractivity (Wildman–Crippen MR) is 71.3 cm³/mol. The zero-order valence-electron chi connectivity index (χ0n) is 9.83. The van der Waals surface area contributed by atoms with Gasteiger partial charge in [0.1, 0.15) is 16.6 Å². The van der Waals surface area contributed by atoms with Crippen molar-refractivity contribution in [3.8, 4) is 6.07 Å². The summed E-state index contributed by atoms with van der Waals surface area (Å²) in [6.07, 6.45) is -5.26. The Kier molecular flexibility index (Phi) is 4.16. The second-order valence-corrected chi connectivity index (χ2v) is 5.04. The van der Waals surface area contributed by atoms with Gasteiger partial charge in [0.15, 0.2) is 5.15 Å². The van der Waals surface area contributed by atoms with E-state index in [1.807, 2.05) is 6.07 Å². The van der Waals surface area contributed by atoms with Crippen molar-refractivity contribution in [3.63, 3.8) is 0 Å². The standard InChI is InChI=1S/C12H7ClF3N3S/c13-10-9(6-17)11(20-19-10)18-8-3-1-2-7(4-8)5-12(14,15)16/h1-4,18H,5H2. The molecule has 0 aliphatic rings. The summed E-state index contributed by atoms with van der Waals surface area (Å²) in [4.78, 5) is 0. The molecule has 0 saturated carbocycles. The fourth-order valence-corrected chi connectivity index (χ4v) is 2.53. The van der Waals surface area contributed by atoms with Crippen LogP contribution in [0.1, 0.15) is 11.1 Å². The topological polar surface area (TPSA) is 48.7 Å². The Balaban J connectivity index is 2.22. The minimum Gasteiger partial charge on any atom is -0.345 e. The lowest BCUT2D eigenvalue weighted by Gasteiger charge is -2.09. The van der Waals surface area contributed by atoms with Crippen molar-refractivity contribution >= 4 is 33.8 Å². The second-order valence-electron chi connectivity index (χ2n) is 3.91. The summed E-state index contributed by atoms with van der Waals surface area (Å²) in [7, 11) is 0. The van der Waals surface area contributed by atoms with Gasteiger partial charge in [-0.1, -0.05) is 23.7 Å². The van der Waals surface area contributed by atoms with E-state index < -0.39 is 12.6 Å². The Bertz CT molecular complexity index is 661. The summed E-state index contributed by atoms with van der Waals surface area (Å²) >= 11 is 6.69. The van der Waals surface area contributed by atoms with Crippen LogP contribution in [-0.2, 0) is 6.42 Å². The van der Waals surface area contributed by atoms with Gasteiger partial charge in [0, 0.05) is 5.69 Å². The molecule has 1 N–H and O–H groups in total. The summed E-state index contributed by atoms with van der Waals surface area (Å²) in [5, 5.41) is 12.2. The highest BCUT2D eigenvalue weighted by molar-refractivity contribution is 7.10. The first-order valence-electron chi connectivity index (χ1n) is 5.37. The van der Waals surface area contributed by atoms with Crippen molar-refractivity contribution < 1.29 is 13.2 Å². The fourth-order valence-electron chi connectivity index (χ4n) is 1.57. The smallest absolute Gasteiger partial charge is 0.345 e. The molecule has 0 bridgehead atoms. The summed E-state index contributed by atoms with van der Waals surface area (Å²) in [6.45, 7) is 0. The number of hydrogen-bond donors (Lipinski definition) is 1. The van der Waals surface area contributed by atoms with Crippen molar-refractivity contribution in [2.75, 3.05) is 5.32 Å². The van der Waals surface area contributed by atoms with Gasteiger partial charge in [-0.05, 0) is 29.2 Å². The molecule has 0 aliphatic heterocycles. The van der Waals surface area contributed by atoms with Crippen LogP contribution in [0.3, 0.4) is 0 Å². The lowest BCUT2D eigenvalue weighted by atomic mass is 10.1. The number of hydrogen-bond acceptors (Lipinski definition) is 4. The first kappa shape index (κ1) is 14.6. The van der Waals surface area contributed by atoms with E-state index in [0.717, 1.165) is 11.5 Å². The van der Waals surface area contributed by atoms with Crippen molar-refractivity contribution in [1.82, 2.24) is 4.37 Å². The average Bonchev–Trinajstić information content (AvgIpc) is 2.68. The van der Waals surface area contributed by atoms with Gasteiger partial charge in [0.05, 0.1) is 6.42 Å². The van der Waals surface area contributed by atoms with Crippen molar-refractivity contribution in [2.24, 2.45) is 0 Å². The van der Waals surface area contributed by atoms with E-state index in [-0.39, 0.29) is 16.3 Å². The summed E-state index contributed by atoms with van der Waals surface area (Å²) in [5.74, 6) is 0. The van der Waals surface area contributed by atoms with Crippen LogP contribution in [0.15, 0.2) is 24.3 Å². The Hall–Kier alpha value is -1.78. The molecule has 0 spiro atoms. The van der Waals surface area contributed by atoms with E-state index in [2.05, 4.69) is 9.69 Å². The molecule has 3 nitrogen and oxygen atoms in total. The lowest BCUT2D eigenvalue weighted by molar-refractivity contribution is -0.127. The molecule has 1 aromatic carbocycles. The summed E-state index contributed by atoms with van der Waals surface area (Å²) in [5.41, 5.74) is 0.762. The SMILES string of the molecule is N#Cc1c(Cl)nsc1Nc1cccc(CC(F)(F)F)c1. The number of alkyl halides is 3. The maximum absolute atomic E-state index is 12.3. The van der Waals surface area contributed by atoms with E-state index in [1.54, 1.807) is 6.07 Å². The number of nitriles is 1. The number of halogens is 4. The second kappa shape index (κ2) is 5.69. The fraction of sp³-hybridized carbons (Fsp3) is 0.167. The van der Waals surface area contributed by atoms with Crippen molar-refractivity contribution in [3.05, 3.63) is 40.5 Å². The van der Waals surface area contributed by atoms with Crippen LogP contribution in [0.25, 0.3) is 0 Å². The largest absolute Gasteiger partial charge is 0.393 e. The van der Waals surface area contributed by atoms with Gasteiger partial charge in [-0.25, -0.2) is 0 Å². The van der Waals surface area contributed by atoms with E-state index >= 15 is 0 Å². The number of benzene rings is 1. The maximum atomic E-state index is 12.3. The van der Waals surface area contributed by atoms with E-state index in [9.17, 15) is 13.2 Å². The third-order valence-electron chi connectivity index (χ3n) is 2.35. The molecule has 0 atom stereocenters. The molecule has 2 rings (SSSR count). The van der Waals surface area contributed by atoms with Crippen LogP contribution in [0.4, 0.5) is 23.9 Å². The molecule has 104 valence electrons. The Morgan fingerprint density at radius 3 is 2.80 bits per heavy atom. The number of rotatable bonds is 3. The molecule has 1 aromatic heterocycles. The van der Waals surface area contributed by atoms with Gasteiger partial charge < -0.3 is 5.32 Å². The highest BCUT2D eigenvalue weighted by atomic mass is 35.5. The molecular weight excluding hydrogens is 311 g/mol. The lowest BCUT2D eigenvalue weighted by Crippen LogP contribution is -2.11. The zero-order valence-corrected chi connectivity index (χ0v) is 11.4. The minimum atomic E-state index is -4.26. The first-order chi connectivity index (χ1) is 9.39. The van der Waals surface area contributed by atoms with E-state index in [4.69, 9.17) is 16.9 Å². The number of nitrogens with zero attached hydrogens (tertiary/aromatic N) is 2. The Morgan fingerprint density at radius 2 is 2.15 bits per heavy atom. The van der Waals surface area contributed by atoms with Crippen LogP contribution in [0, 0.1) is 11.3 Å². The van der Waals surface area contributed by atoms with Gasteiger partial charge in [-0.2, -0.15) is 22.8 Å². The zero-order chi connectivity index (χ0) is 14.8. The molecule has 0 amide bonds. The predicted octanol–water partition coefficient (Wildman–Crippen LogP) is 4.52. The normalized spacial score (nSPS) is 11.2. The highest BCUT2D eigenvalue weighted by Gasteiger charge is 2.27. The molecule has 20 heavy (non-hydrogen) atoms. The summed E-state index contributed by atoms with van der Waals surface area (Å²) in [6, 6.07) is 7.78. The molecule has 0 fully saturated rings. The van der Waals surface area contributed by atoms with Gasteiger partial charge in [-0.15, -0.1) is 0 Å². The molecule has 8 heteroatoms. The average molecular weight is 318 g/mol. The third-order valence-corrected chi connectivity index (χ3v) is 3.49. The number of aromatic nitrogens is 1. The van der Waals surface area contributed by atoms with Gasteiger partial charge >= 0.3 is 6.18 Å². The van der Waals surface area contributed by atoms with Crippen LogP contribution in [0.2, 0.25) is 5.15 Å². The molecule has 0 radical (unpaired) electrons. The van der Waals surface area contributed by atoms with Crippen molar-refractivity contribution in [2.45, 2.75) is 12.6 Å². The maximum Gasteiger partial charge on any atom is 0.393 e. The molecule has 2 aromatic rings.